The van der Waals surface area contributed by atoms with E-state index in [4.69, 9.17) is 0 Å². The highest BCUT2D eigenvalue weighted by atomic mass is 16.2. The van der Waals surface area contributed by atoms with E-state index in [0.29, 0.717) is 5.92 Å². The lowest BCUT2D eigenvalue weighted by molar-refractivity contribution is -0.147. The number of piperidine rings is 1. The third-order valence-electron chi connectivity index (χ3n) is 5.86. The molecule has 0 aromatic carbocycles. The molecule has 2 aliphatic carbocycles. The van der Waals surface area contributed by atoms with Gasteiger partial charge in [-0.05, 0) is 37.0 Å². The zero-order valence-electron chi connectivity index (χ0n) is 12.9. The van der Waals surface area contributed by atoms with Crippen molar-refractivity contribution in [1.29, 1.82) is 0 Å². The van der Waals surface area contributed by atoms with E-state index in [2.05, 4.69) is 19.1 Å². The molecule has 1 saturated carbocycles. The number of hydrogen-bond donors (Lipinski definition) is 0. The first-order valence-electron chi connectivity index (χ1n) is 8.37. The van der Waals surface area contributed by atoms with Crippen LogP contribution in [0.15, 0.2) is 12.2 Å². The molecule has 2 heterocycles. The molecule has 0 unspecified atom stereocenters. The van der Waals surface area contributed by atoms with Crippen LogP contribution in [0.4, 0.5) is 0 Å². The summed E-state index contributed by atoms with van der Waals surface area (Å²) in [4.78, 5) is 40.6. The second kappa shape index (κ2) is 4.93. The standard InChI is InChI=1S/C17H22N2O3/c1-10-3-2-6-18(8-10)13(20)9-19-16(21)14-11-4-5-12(7-11)15(14)17(19)22/h4-5,10-12,14-15H,2-3,6-9H2,1H3/t10-,11+,12+,14+,15+/m1/s1. The van der Waals surface area contributed by atoms with Crippen molar-refractivity contribution in [3.05, 3.63) is 12.2 Å². The molecule has 3 fully saturated rings. The van der Waals surface area contributed by atoms with Crippen LogP contribution in [-0.2, 0) is 14.4 Å². The van der Waals surface area contributed by atoms with Crippen LogP contribution in [0.1, 0.15) is 26.2 Å². The lowest BCUT2D eigenvalue weighted by atomic mass is 9.85. The van der Waals surface area contributed by atoms with Crippen molar-refractivity contribution in [1.82, 2.24) is 9.80 Å². The Morgan fingerprint density at radius 3 is 2.41 bits per heavy atom. The van der Waals surface area contributed by atoms with E-state index >= 15 is 0 Å². The largest absolute Gasteiger partial charge is 0.341 e. The predicted octanol–water partition coefficient (Wildman–Crippen LogP) is 1.05. The first kappa shape index (κ1) is 14.0. The number of hydrogen-bond acceptors (Lipinski definition) is 3. The summed E-state index contributed by atoms with van der Waals surface area (Å²) in [6, 6.07) is 0. The maximum atomic E-state index is 12.6. The summed E-state index contributed by atoms with van der Waals surface area (Å²) >= 11 is 0. The Kier molecular flexibility index (Phi) is 3.13. The van der Waals surface area contributed by atoms with E-state index < -0.39 is 0 Å². The third kappa shape index (κ3) is 1.94. The van der Waals surface area contributed by atoms with Gasteiger partial charge >= 0.3 is 0 Å². The molecular formula is C17H22N2O3. The number of amides is 3. The molecule has 5 nitrogen and oxygen atoms in total. The quantitative estimate of drug-likeness (QED) is 0.566. The molecule has 2 saturated heterocycles. The van der Waals surface area contributed by atoms with Crippen LogP contribution in [0.25, 0.3) is 0 Å². The first-order valence-corrected chi connectivity index (χ1v) is 8.37. The first-order chi connectivity index (χ1) is 10.6. The number of carbonyl (C=O) groups is 3. The van der Waals surface area contributed by atoms with Gasteiger partial charge in [-0.25, -0.2) is 0 Å². The fraction of sp³-hybridized carbons (Fsp3) is 0.706. The Hall–Kier alpha value is -1.65. The van der Waals surface area contributed by atoms with Crippen LogP contribution in [0.2, 0.25) is 0 Å². The summed E-state index contributed by atoms with van der Waals surface area (Å²) in [6.07, 6.45) is 7.24. The van der Waals surface area contributed by atoms with Crippen molar-refractivity contribution in [2.24, 2.45) is 29.6 Å². The van der Waals surface area contributed by atoms with Crippen molar-refractivity contribution < 1.29 is 14.4 Å². The van der Waals surface area contributed by atoms with Crippen molar-refractivity contribution >= 4 is 17.7 Å². The lowest BCUT2D eigenvalue weighted by Gasteiger charge is -2.32. The average Bonchev–Trinajstić information content (AvgIpc) is 3.17. The number of nitrogens with zero attached hydrogens (tertiary/aromatic N) is 2. The highest BCUT2D eigenvalue weighted by Crippen LogP contribution is 2.52. The minimum atomic E-state index is -0.199. The SMILES string of the molecule is C[C@@H]1CCCN(C(=O)CN2C(=O)[C@@H]3[C@@H](C2=O)[C@H]2C=C[C@H]3C2)C1. The van der Waals surface area contributed by atoms with Gasteiger partial charge in [-0.1, -0.05) is 19.1 Å². The molecule has 2 bridgehead atoms. The molecule has 0 radical (unpaired) electrons. The highest BCUT2D eigenvalue weighted by Gasteiger charge is 2.59. The summed E-state index contributed by atoms with van der Waals surface area (Å²) in [5, 5.41) is 0. The Morgan fingerprint density at radius 2 is 1.82 bits per heavy atom. The van der Waals surface area contributed by atoms with Gasteiger partial charge in [0.1, 0.15) is 6.54 Å². The van der Waals surface area contributed by atoms with Gasteiger partial charge in [0.05, 0.1) is 11.8 Å². The summed E-state index contributed by atoms with van der Waals surface area (Å²) < 4.78 is 0. The van der Waals surface area contributed by atoms with E-state index in [1.54, 1.807) is 0 Å². The smallest absolute Gasteiger partial charge is 0.242 e. The van der Waals surface area contributed by atoms with Crippen molar-refractivity contribution in [2.75, 3.05) is 19.6 Å². The molecule has 2 aliphatic heterocycles. The van der Waals surface area contributed by atoms with E-state index in [1.807, 2.05) is 4.90 Å². The van der Waals surface area contributed by atoms with Crippen molar-refractivity contribution in [3.63, 3.8) is 0 Å². The van der Waals surface area contributed by atoms with Crippen LogP contribution >= 0.6 is 0 Å². The van der Waals surface area contributed by atoms with Crippen LogP contribution < -0.4 is 0 Å². The molecule has 22 heavy (non-hydrogen) atoms. The molecule has 5 atom stereocenters. The Labute approximate surface area is 130 Å². The number of carbonyl (C=O) groups excluding carboxylic acids is 3. The van der Waals surface area contributed by atoms with Gasteiger partial charge in [0.15, 0.2) is 0 Å². The highest BCUT2D eigenvalue weighted by molar-refractivity contribution is 6.08. The van der Waals surface area contributed by atoms with Crippen LogP contribution in [0, 0.1) is 29.6 Å². The molecule has 118 valence electrons. The summed E-state index contributed by atoms with van der Waals surface area (Å²) in [7, 11) is 0. The molecule has 3 amide bonds. The molecule has 4 aliphatic rings. The van der Waals surface area contributed by atoms with Crippen LogP contribution in [-0.4, -0.2) is 47.2 Å². The summed E-state index contributed by atoms with van der Waals surface area (Å²) in [5.74, 6) is 0.209. The van der Waals surface area contributed by atoms with Gasteiger partial charge in [-0.3, -0.25) is 19.3 Å². The van der Waals surface area contributed by atoms with Crippen LogP contribution in [0.5, 0.6) is 0 Å². The molecule has 0 N–H and O–H groups in total. The van der Waals surface area contributed by atoms with Crippen LogP contribution in [0.3, 0.4) is 0 Å². The molecular weight excluding hydrogens is 280 g/mol. The second-order valence-corrected chi connectivity index (χ2v) is 7.35. The van der Waals surface area contributed by atoms with Crippen molar-refractivity contribution in [3.8, 4) is 0 Å². The predicted molar refractivity (Wildman–Crippen MR) is 79.4 cm³/mol. The molecule has 5 heteroatoms. The minimum absolute atomic E-state index is 0.0587. The fourth-order valence-corrected chi connectivity index (χ4v) is 4.77. The average molecular weight is 302 g/mol. The van der Waals surface area contributed by atoms with E-state index in [0.717, 1.165) is 32.4 Å². The van der Waals surface area contributed by atoms with Gasteiger partial charge in [0.2, 0.25) is 17.7 Å². The number of likely N-dealkylation sites (tertiary alicyclic amines) is 2. The summed E-state index contributed by atoms with van der Waals surface area (Å²) in [5.41, 5.74) is 0. The monoisotopic (exact) mass is 302 g/mol. The molecule has 0 spiro atoms. The fourth-order valence-electron chi connectivity index (χ4n) is 4.77. The second-order valence-electron chi connectivity index (χ2n) is 7.35. The van der Waals surface area contributed by atoms with E-state index in [1.165, 1.54) is 4.90 Å². The zero-order valence-corrected chi connectivity index (χ0v) is 12.9. The third-order valence-corrected chi connectivity index (χ3v) is 5.86. The van der Waals surface area contributed by atoms with Gasteiger partial charge < -0.3 is 4.90 Å². The van der Waals surface area contributed by atoms with Gasteiger partial charge in [-0.2, -0.15) is 0 Å². The Bertz CT molecular complexity index is 540. The molecule has 0 aromatic heterocycles. The zero-order chi connectivity index (χ0) is 15.4. The Morgan fingerprint density at radius 1 is 1.18 bits per heavy atom. The Balaban J connectivity index is 1.47. The minimum Gasteiger partial charge on any atom is -0.341 e. The maximum absolute atomic E-state index is 12.6. The van der Waals surface area contributed by atoms with Gasteiger partial charge in [-0.15, -0.1) is 0 Å². The number of imide groups is 1. The summed E-state index contributed by atoms with van der Waals surface area (Å²) in [6.45, 7) is 3.57. The number of rotatable bonds is 2. The lowest BCUT2D eigenvalue weighted by Crippen LogP contribution is -2.46. The maximum Gasteiger partial charge on any atom is 0.242 e. The number of fused-ring (bicyclic) bond motifs is 5. The van der Waals surface area contributed by atoms with Crippen molar-refractivity contribution in [2.45, 2.75) is 26.2 Å². The van der Waals surface area contributed by atoms with Gasteiger partial charge in [0, 0.05) is 13.1 Å². The topological polar surface area (TPSA) is 57.7 Å². The number of allylic oxidation sites excluding steroid dienone is 2. The normalized spacial score (nSPS) is 39.8. The molecule has 4 rings (SSSR count). The van der Waals surface area contributed by atoms with E-state index in [9.17, 15) is 14.4 Å². The van der Waals surface area contributed by atoms with E-state index in [-0.39, 0.29) is 47.9 Å². The molecule has 0 aromatic rings. The van der Waals surface area contributed by atoms with Gasteiger partial charge in [0.25, 0.3) is 0 Å².